The van der Waals surface area contributed by atoms with Gasteiger partial charge < -0.3 is 15.8 Å². The van der Waals surface area contributed by atoms with Crippen LogP contribution in [-0.4, -0.2) is 23.0 Å². The van der Waals surface area contributed by atoms with E-state index in [9.17, 15) is 14.8 Å². The fourth-order valence-corrected chi connectivity index (χ4v) is 2.45. The zero-order valence-electron chi connectivity index (χ0n) is 14.3. The first kappa shape index (κ1) is 17.5. The molecule has 134 valence electrons. The smallest absolute Gasteiger partial charge is 0.324 e. The minimum absolute atomic E-state index is 0.00947. The van der Waals surface area contributed by atoms with Gasteiger partial charge in [-0.2, -0.15) is 0 Å². The molecule has 0 radical (unpaired) electrons. The first-order valence-corrected chi connectivity index (χ1v) is 8.33. The quantitative estimate of drug-likeness (QED) is 0.294. The number of amidine groups is 1. The van der Waals surface area contributed by atoms with Gasteiger partial charge >= 0.3 is 6.03 Å². The number of hydrogen-bond acceptors (Lipinski definition) is 4. The topological polar surface area (TPSA) is 103 Å². The van der Waals surface area contributed by atoms with Crippen LogP contribution in [-0.2, 0) is 4.79 Å². The lowest BCUT2D eigenvalue weighted by atomic mass is 10.2. The van der Waals surface area contributed by atoms with E-state index in [0.29, 0.717) is 16.9 Å². The van der Waals surface area contributed by atoms with Crippen LogP contribution >= 0.6 is 0 Å². The van der Waals surface area contributed by atoms with Gasteiger partial charge in [-0.05, 0) is 61.7 Å². The van der Waals surface area contributed by atoms with Crippen molar-refractivity contribution >= 4 is 29.1 Å². The molecule has 0 saturated heterocycles. The lowest BCUT2D eigenvalue weighted by Gasteiger charge is -2.10. The molecular formula is C19H20N4O3. The number of benzene rings is 2. The number of urea groups is 1. The molecule has 0 bridgehead atoms. The van der Waals surface area contributed by atoms with Gasteiger partial charge in [0.25, 0.3) is 0 Å². The Morgan fingerprint density at radius 2 is 1.77 bits per heavy atom. The Kier molecular flexibility index (Phi) is 5.17. The third-order valence-corrected chi connectivity index (χ3v) is 3.98. The second-order valence-electron chi connectivity index (χ2n) is 6.24. The predicted octanol–water partition coefficient (Wildman–Crippen LogP) is 3.30. The highest BCUT2D eigenvalue weighted by molar-refractivity contribution is 6.10. The van der Waals surface area contributed by atoms with E-state index in [1.807, 2.05) is 25.1 Å². The van der Waals surface area contributed by atoms with Gasteiger partial charge in [0.1, 0.15) is 0 Å². The largest absolute Gasteiger partial charge is 0.409 e. The van der Waals surface area contributed by atoms with Gasteiger partial charge in [-0.25, -0.2) is 4.79 Å². The minimum atomic E-state index is -0.519. The van der Waals surface area contributed by atoms with Crippen LogP contribution in [0.1, 0.15) is 24.0 Å². The van der Waals surface area contributed by atoms with Crippen molar-refractivity contribution in [2.75, 3.05) is 10.6 Å². The summed E-state index contributed by atoms with van der Waals surface area (Å²) in [6.07, 6.45) is 1.87. The van der Waals surface area contributed by atoms with Crippen molar-refractivity contribution in [2.45, 2.75) is 19.8 Å². The summed E-state index contributed by atoms with van der Waals surface area (Å²) in [5, 5.41) is 20.4. The number of aryl methyl sites for hydroxylation is 1. The van der Waals surface area contributed by atoms with Crippen molar-refractivity contribution in [1.29, 1.82) is 0 Å². The second-order valence-corrected chi connectivity index (χ2v) is 6.24. The van der Waals surface area contributed by atoms with Crippen LogP contribution in [0, 0.1) is 12.8 Å². The molecule has 1 saturated carbocycles. The standard InChI is InChI=1S/C19H20N4O3/c1-12-3-2-4-16(11-12)21-19(25)22-17(23-26)13-7-9-15(10-8-13)20-18(24)14-5-6-14/h2-4,7-11,14,26H,5-6H2,1H3,(H,20,24)(H2,21,22,23,25). The summed E-state index contributed by atoms with van der Waals surface area (Å²) >= 11 is 0. The molecule has 0 unspecified atom stereocenters. The van der Waals surface area contributed by atoms with Gasteiger partial charge in [-0.3, -0.25) is 10.1 Å². The summed E-state index contributed by atoms with van der Waals surface area (Å²) in [7, 11) is 0. The van der Waals surface area contributed by atoms with E-state index in [4.69, 9.17) is 0 Å². The molecule has 0 heterocycles. The lowest BCUT2D eigenvalue weighted by Crippen LogP contribution is -2.35. The number of amides is 3. The van der Waals surface area contributed by atoms with Crippen LogP contribution in [0.2, 0.25) is 0 Å². The molecule has 1 aliphatic rings. The first-order valence-electron chi connectivity index (χ1n) is 8.33. The molecule has 26 heavy (non-hydrogen) atoms. The molecular weight excluding hydrogens is 332 g/mol. The molecule has 0 aliphatic heterocycles. The summed E-state index contributed by atoms with van der Waals surface area (Å²) < 4.78 is 0. The maximum absolute atomic E-state index is 12.1. The van der Waals surface area contributed by atoms with E-state index in [1.165, 1.54) is 0 Å². The number of hydrogen-bond donors (Lipinski definition) is 4. The molecule has 2 aromatic rings. The zero-order valence-corrected chi connectivity index (χ0v) is 14.3. The average molecular weight is 352 g/mol. The van der Waals surface area contributed by atoms with Crippen molar-refractivity contribution in [3.05, 3.63) is 59.7 Å². The second kappa shape index (κ2) is 7.69. The van der Waals surface area contributed by atoms with Crippen LogP contribution < -0.4 is 16.0 Å². The molecule has 2 aromatic carbocycles. The Morgan fingerprint density at radius 3 is 2.38 bits per heavy atom. The van der Waals surface area contributed by atoms with Gasteiger partial charge in [0, 0.05) is 22.9 Å². The average Bonchev–Trinajstić information content (AvgIpc) is 3.46. The van der Waals surface area contributed by atoms with Crippen molar-refractivity contribution in [3.63, 3.8) is 0 Å². The van der Waals surface area contributed by atoms with Gasteiger partial charge in [0.05, 0.1) is 0 Å². The SMILES string of the molecule is Cc1cccc(NC(=O)NC(=NO)c2ccc(NC(=O)C3CC3)cc2)c1. The number of nitrogens with one attached hydrogen (secondary N) is 3. The lowest BCUT2D eigenvalue weighted by molar-refractivity contribution is -0.117. The highest BCUT2D eigenvalue weighted by Crippen LogP contribution is 2.30. The predicted molar refractivity (Wildman–Crippen MR) is 99.5 cm³/mol. The molecule has 3 rings (SSSR count). The molecule has 1 fully saturated rings. The number of rotatable bonds is 4. The van der Waals surface area contributed by atoms with Crippen LogP contribution in [0.4, 0.5) is 16.2 Å². The molecule has 7 heteroatoms. The molecule has 0 spiro atoms. The van der Waals surface area contributed by atoms with Crippen molar-refractivity contribution < 1.29 is 14.8 Å². The van der Waals surface area contributed by atoms with Crippen molar-refractivity contribution in [3.8, 4) is 0 Å². The van der Waals surface area contributed by atoms with E-state index >= 15 is 0 Å². The van der Waals surface area contributed by atoms with Crippen LogP contribution in [0.15, 0.2) is 53.7 Å². The Balaban J connectivity index is 1.61. The van der Waals surface area contributed by atoms with E-state index in [-0.39, 0.29) is 17.7 Å². The fraction of sp³-hybridized carbons (Fsp3) is 0.211. The van der Waals surface area contributed by atoms with E-state index in [2.05, 4.69) is 21.1 Å². The molecule has 7 nitrogen and oxygen atoms in total. The van der Waals surface area contributed by atoms with Crippen LogP contribution in [0.5, 0.6) is 0 Å². The maximum atomic E-state index is 12.1. The highest BCUT2D eigenvalue weighted by Gasteiger charge is 2.29. The van der Waals surface area contributed by atoms with Gasteiger partial charge in [0.15, 0.2) is 5.84 Å². The van der Waals surface area contributed by atoms with E-state index in [1.54, 1.807) is 30.3 Å². The van der Waals surface area contributed by atoms with Crippen LogP contribution in [0.3, 0.4) is 0 Å². The van der Waals surface area contributed by atoms with Gasteiger partial charge in [-0.1, -0.05) is 17.3 Å². The van der Waals surface area contributed by atoms with Crippen molar-refractivity contribution in [1.82, 2.24) is 5.32 Å². The fourth-order valence-electron chi connectivity index (χ4n) is 2.45. The third-order valence-electron chi connectivity index (χ3n) is 3.98. The van der Waals surface area contributed by atoms with E-state index < -0.39 is 6.03 Å². The highest BCUT2D eigenvalue weighted by atomic mass is 16.4. The number of oxime groups is 1. The summed E-state index contributed by atoms with van der Waals surface area (Å²) in [5.41, 5.74) is 2.82. The maximum Gasteiger partial charge on any atom is 0.324 e. The first-order chi connectivity index (χ1) is 12.5. The summed E-state index contributed by atoms with van der Waals surface area (Å²) in [5.74, 6) is 0.149. The number of carbonyl (C=O) groups is 2. The Morgan fingerprint density at radius 1 is 1.04 bits per heavy atom. The third kappa shape index (κ3) is 4.60. The zero-order chi connectivity index (χ0) is 18.5. The summed E-state index contributed by atoms with van der Waals surface area (Å²) in [6.45, 7) is 1.92. The molecule has 0 atom stereocenters. The Hall–Kier alpha value is -3.35. The van der Waals surface area contributed by atoms with E-state index in [0.717, 1.165) is 18.4 Å². The normalized spacial score (nSPS) is 13.8. The van der Waals surface area contributed by atoms with Crippen LogP contribution in [0.25, 0.3) is 0 Å². The monoisotopic (exact) mass is 352 g/mol. The molecule has 1 aliphatic carbocycles. The van der Waals surface area contributed by atoms with Gasteiger partial charge in [0.2, 0.25) is 5.91 Å². The molecule has 0 aromatic heterocycles. The van der Waals surface area contributed by atoms with Gasteiger partial charge in [-0.15, -0.1) is 0 Å². The Bertz CT molecular complexity index is 842. The Labute approximate surface area is 151 Å². The minimum Gasteiger partial charge on any atom is -0.409 e. The van der Waals surface area contributed by atoms with Crippen molar-refractivity contribution in [2.24, 2.45) is 11.1 Å². The molecule has 4 N–H and O–H groups in total. The number of carbonyl (C=O) groups excluding carboxylic acids is 2. The number of anilines is 2. The molecule has 3 amide bonds. The summed E-state index contributed by atoms with van der Waals surface area (Å²) in [4.78, 5) is 23.8. The number of nitrogens with zero attached hydrogens (tertiary/aromatic N) is 1. The summed E-state index contributed by atoms with van der Waals surface area (Å²) in [6, 6.07) is 13.5.